The molecule has 5 aromatic heterocycles. The first kappa shape index (κ1) is 119. The van der Waals surface area contributed by atoms with E-state index in [2.05, 4.69) is 113 Å². The van der Waals surface area contributed by atoms with Crippen molar-refractivity contribution in [2.45, 2.75) is 247 Å². The third-order valence-electron chi connectivity index (χ3n) is 21.8. The Bertz CT molecular complexity index is 6310. The number of carboxylic acids is 1. The quantitative estimate of drug-likeness (QED) is 0.0111. The number of carboxylic acid groups (broad SMARTS) is 1. The van der Waals surface area contributed by atoms with Crippen LogP contribution in [0.1, 0.15) is 227 Å². The maximum Gasteiger partial charge on any atom is 0.422 e. The van der Waals surface area contributed by atoms with Crippen molar-refractivity contribution in [3.05, 3.63) is 291 Å². The minimum atomic E-state index is -5.25. The highest BCUT2D eigenvalue weighted by Crippen LogP contribution is 2.46. The molecule has 2 atom stereocenters. The molecule has 0 saturated carbocycles. The highest BCUT2D eigenvalue weighted by Gasteiger charge is 2.56. The van der Waals surface area contributed by atoms with E-state index in [4.69, 9.17) is 106 Å². The Morgan fingerprint density at radius 1 is 0.430 bits per heavy atom. The Morgan fingerprint density at radius 3 is 1.08 bits per heavy atom. The average molecular weight is 2110 g/mol. The molecule has 0 saturated heterocycles. The molecule has 0 aliphatic heterocycles. The van der Waals surface area contributed by atoms with Crippen LogP contribution in [-0.4, -0.2) is 114 Å². The summed E-state index contributed by atoms with van der Waals surface area (Å²) in [6, 6.07) is 43.9. The van der Waals surface area contributed by atoms with Crippen molar-refractivity contribution in [3.63, 3.8) is 0 Å². The number of methoxy groups -OCH3 is 1. The lowest BCUT2D eigenvalue weighted by atomic mass is 9.85. The van der Waals surface area contributed by atoms with E-state index in [1.54, 1.807) is 90.1 Å². The molecular weight excluding hydrogens is 1980 g/mol. The van der Waals surface area contributed by atoms with Crippen molar-refractivity contribution < 1.29 is 79.0 Å². The third-order valence-corrected chi connectivity index (χ3v) is 23.6. The number of aromatic nitrogens is 5. The summed E-state index contributed by atoms with van der Waals surface area (Å²) in [4.78, 5) is 58.0. The number of nitrogens with one attached hydrogen (secondary N) is 5. The van der Waals surface area contributed by atoms with Gasteiger partial charge in [-0.15, -0.1) is 0 Å². The lowest BCUT2D eigenvalue weighted by Crippen LogP contribution is -2.45. The fourth-order valence-electron chi connectivity index (χ4n) is 14.9. The summed E-state index contributed by atoms with van der Waals surface area (Å²) in [5.74, 6) is -4.57. The van der Waals surface area contributed by atoms with Gasteiger partial charge in [-0.05, 0) is 314 Å². The highest BCUT2D eigenvalue weighted by molar-refractivity contribution is 6.33. The number of aliphatic hydroxyl groups is 2. The SMILES string of the molecule is C=C(C)c1cc(C(C)(C)NC(C)C)cc(-c2ccc(F)c(Cl)c2)n1.CC(C)(N)c1cc(Cl)nc(-c2ccc(F)c(Cl)c2)c1.CC(C)NC(C)(C)c1cc(-c2ccc(F)c(Cl)c2)nc(C(C)(O)CNC(=O)OC(C)(C)C)c1.CC(C)NC(C)(C)c1cc(Cl)nc(-c2ccc(F)c(Cl)c2)c1.COc1cc(C(=O)CCC(O)(c2cc(C(C)(C)NC(C)C)cc(-c3ccc(F)c(Cl)c3)n2)C(F)(F)F)ccc1OCC(=O)O. The molecule has 0 bridgehead atoms. The predicted molar refractivity (Wildman–Crippen MR) is 554 cm³/mol. The predicted octanol–water partition coefficient (Wildman–Crippen LogP) is 27.8. The molecule has 11 aromatic rings. The Labute approximate surface area is 861 Å². The number of nitrogens with two attached hydrogens (primary N) is 1. The Kier molecular flexibility index (Phi) is 41.3. The van der Waals surface area contributed by atoms with E-state index in [1.807, 2.05) is 98.7 Å². The maximum absolute atomic E-state index is 14.7. The second kappa shape index (κ2) is 49.3. The third kappa shape index (κ3) is 34.3. The highest BCUT2D eigenvalue weighted by atomic mass is 35.5. The van der Waals surface area contributed by atoms with Crippen molar-refractivity contribution >= 4 is 105 Å². The molecule has 35 heteroatoms. The summed E-state index contributed by atoms with van der Waals surface area (Å²) >= 11 is 41.7. The van der Waals surface area contributed by atoms with Crippen LogP contribution in [0.4, 0.5) is 39.9 Å². The number of amides is 1. The number of nitrogens with zero attached hydrogens (tertiary/aromatic N) is 5. The minimum absolute atomic E-state index is 0.0000327. The molecular formula is C107H124Cl7F8N11O9. The smallest absolute Gasteiger partial charge is 0.422 e. The summed E-state index contributed by atoms with van der Waals surface area (Å²) < 4.78 is 127. The number of hydrogen-bond donors (Lipinski definition) is 9. The van der Waals surface area contributed by atoms with E-state index in [9.17, 15) is 59.7 Å². The van der Waals surface area contributed by atoms with Crippen molar-refractivity contribution in [1.82, 2.24) is 51.5 Å². The number of benzene rings is 6. The van der Waals surface area contributed by atoms with Crippen LogP contribution in [0.5, 0.6) is 11.5 Å². The molecule has 0 aliphatic rings. The van der Waals surface area contributed by atoms with E-state index < -0.39 is 112 Å². The first-order chi connectivity index (χ1) is 65.4. The number of allylic oxidation sites excluding steroid dienone is 1. The molecule has 142 heavy (non-hydrogen) atoms. The molecule has 6 aromatic carbocycles. The van der Waals surface area contributed by atoms with Crippen LogP contribution >= 0.6 is 81.2 Å². The van der Waals surface area contributed by atoms with Crippen LogP contribution in [0.15, 0.2) is 176 Å². The second-order valence-corrected chi connectivity index (χ2v) is 42.1. The molecule has 0 aliphatic carbocycles. The number of alkyl carbamates (subject to hydrolysis) is 1. The number of ether oxygens (including phenoxy) is 3. The van der Waals surface area contributed by atoms with Crippen molar-refractivity contribution in [3.8, 4) is 67.8 Å². The number of aliphatic carboxylic acids is 1. The van der Waals surface area contributed by atoms with Gasteiger partial charge in [0.2, 0.25) is 5.60 Å². The zero-order valence-corrected chi connectivity index (χ0v) is 89.1. The van der Waals surface area contributed by atoms with E-state index >= 15 is 0 Å². The van der Waals surface area contributed by atoms with Gasteiger partial charge in [-0.2, -0.15) is 13.2 Å². The van der Waals surface area contributed by atoms with E-state index in [0.717, 1.165) is 62.5 Å². The van der Waals surface area contributed by atoms with Crippen LogP contribution in [-0.2, 0) is 48.4 Å². The molecule has 0 radical (unpaired) electrons. The topological polar surface area (TPSA) is 290 Å². The number of hydrogen-bond acceptors (Lipinski definition) is 18. The summed E-state index contributed by atoms with van der Waals surface area (Å²) in [6.45, 7) is 48.0. The number of rotatable bonds is 31. The number of alkyl halides is 3. The summed E-state index contributed by atoms with van der Waals surface area (Å²) in [6.07, 6.45) is -7.71. The van der Waals surface area contributed by atoms with Crippen LogP contribution in [0.2, 0.25) is 35.4 Å². The number of halogens is 15. The molecule has 2 unspecified atom stereocenters. The fourth-order valence-corrected chi connectivity index (χ4v) is 16.3. The van der Waals surface area contributed by atoms with Gasteiger partial charge in [0.1, 0.15) is 50.6 Å². The first-order valence-electron chi connectivity index (χ1n) is 45.3. The van der Waals surface area contributed by atoms with Gasteiger partial charge in [0.25, 0.3) is 0 Å². The second-order valence-electron chi connectivity index (χ2n) is 39.3. The molecule has 20 nitrogen and oxygen atoms in total. The zero-order chi connectivity index (χ0) is 107. The molecule has 5 heterocycles. The van der Waals surface area contributed by atoms with Crippen LogP contribution in [0.25, 0.3) is 61.9 Å². The number of ketones is 1. The van der Waals surface area contributed by atoms with Crippen molar-refractivity contribution in [2.24, 2.45) is 5.73 Å². The number of pyridine rings is 5. The monoisotopic (exact) mass is 2100 g/mol. The van der Waals surface area contributed by atoms with Crippen molar-refractivity contribution in [1.29, 1.82) is 0 Å². The van der Waals surface area contributed by atoms with Gasteiger partial charge >= 0.3 is 18.2 Å². The zero-order valence-electron chi connectivity index (χ0n) is 83.8. The summed E-state index contributed by atoms with van der Waals surface area (Å²) in [5, 5.41) is 48.4. The van der Waals surface area contributed by atoms with E-state index in [0.29, 0.717) is 61.9 Å². The van der Waals surface area contributed by atoms with Crippen LogP contribution in [0.3, 0.4) is 0 Å². The van der Waals surface area contributed by atoms with Gasteiger partial charge in [-0.3, -0.25) is 4.79 Å². The minimum Gasteiger partial charge on any atom is -0.493 e. The molecule has 766 valence electrons. The first-order valence-corrected chi connectivity index (χ1v) is 47.9. The normalized spacial score (nSPS) is 12.9. The van der Waals surface area contributed by atoms with Gasteiger partial charge in [-0.25, -0.2) is 56.5 Å². The molecule has 0 fully saturated rings. The van der Waals surface area contributed by atoms with Gasteiger partial charge in [0, 0.05) is 91.7 Å². The largest absolute Gasteiger partial charge is 0.493 e. The van der Waals surface area contributed by atoms with E-state index in [1.165, 1.54) is 79.9 Å². The van der Waals surface area contributed by atoms with Crippen LogP contribution in [0, 0.1) is 29.1 Å². The summed E-state index contributed by atoms with van der Waals surface area (Å²) in [7, 11) is 1.25. The standard InChI is InChI=1S/C31H33ClF4N2O6.C25H35ClFN3O3.C20H24ClFN2.C17H19Cl2FN2.C14H13Cl2FN2/c1-17(2)38-29(3,4)20-14-23(18-6-8-22(33)21(32)12-18)37-27(15-20)30(42,31(34,35)36)11-10-24(39)19-7-9-25(26(13-19)43-5)44-16-28(40)41;1-15(2)30-24(6,7)17-12-20(16-9-10-19(27)18(26)11-16)29-21(13-17)25(8,32)14-28-22(31)33-23(3,4)5;1-12(2)18-10-15(20(5,6)24-13(3)4)11-19(23-18)14-7-8-17(22)16(21)9-14;1-10(2)22-17(3,4)12-8-15(21-16(19)9-12)11-5-6-14(20)13(18)7-11;1-14(2,18)9-6-12(19-13(16)7-9)8-3-4-11(17)10(15)5-8/h6-9,12-15,17,38,42H,10-11,16H2,1-5H3,(H,40,41);9-13,15,30,32H,14H2,1-8H3,(H,28,31);7-11,13,24H,1H2,2-6H3;5-10,22H,1-4H3;3-7H,18H2,1-2H3. The van der Waals surface area contributed by atoms with Gasteiger partial charge in [0.15, 0.2) is 23.9 Å². The maximum atomic E-state index is 14.7. The van der Waals surface area contributed by atoms with E-state index in [-0.39, 0.29) is 83.1 Å². The summed E-state index contributed by atoms with van der Waals surface area (Å²) in [5.41, 5.74) is 9.00. The molecule has 0 spiro atoms. The van der Waals surface area contributed by atoms with Gasteiger partial charge in [-0.1, -0.05) is 143 Å². The Hall–Kier alpha value is -9.99. The fraction of sp³-hybridized carbons (Fsp3) is 0.383. The Balaban J connectivity index is 0.000000249. The average Bonchev–Trinajstić information content (AvgIpc) is 0.753. The molecule has 1 amide bonds. The number of carbonyl (C=O) groups excluding carboxylic acids is 2. The number of Topliss-reactive ketones (excluding diaryl/α,β-unsaturated/α-hetero) is 1. The number of carbonyl (C=O) groups is 3. The van der Waals surface area contributed by atoms with Crippen LogP contribution < -0.4 is 41.8 Å². The van der Waals surface area contributed by atoms with Gasteiger partial charge < -0.3 is 61.8 Å². The van der Waals surface area contributed by atoms with Crippen molar-refractivity contribution in [2.75, 3.05) is 20.3 Å². The molecule has 10 N–H and O–H groups in total. The lowest BCUT2D eigenvalue weighted by molar-refractivity contribution is -0.270. The lowest BCUT2D eigenvalue weighted by Gasteiger charge is -2.34. The Morgan fingerprint density at radius 2 is 0.754 bits per heavy atom. The van der Waals surface area contributed by atoms with Gasteiger partial charge in [0.05, 0.1) is 84.3 Å². The molecule has 11 rings (SSSR count).